The van der Waals surface area contributed by atoms with E-state index in [1.165, 1.54) is 0 Å². The Kier molecular flexibility index (Phi) is 4.75. The molecule has 0 aromatic heterocycles. The summed E-state index contributed by atoms with van der Waals surface area (Å²) in [4.78, 5) is 16.3. The van der Waals surface area contributed by atoms with E-state index in [9.17, 15) is 4.79 Å². The maximum absolute atomic E-state index is 12.0. The van der Waals surface area contributed by atoms with Crippen molar-refractivity contribution < 1.29 is 14.3 Å². The number of cyclic esters (lactones) is 1. The molecule has 0 saturated heterocycles. The van der Waals surface area contributed by atoms with Gasteiger partial charge in [-0.15, -0.1) is 0 Å². The topological polar surface area (TPSA) is 47.9 Å². The molecule has 24 heavy (non-hydrogen) atoms. The first-order valence-electron chi connectivity index (χ1n) is 7.98. The normalized spacial score (nSPS) is 15.3. The first-order valence-corrected chi connectivity index (χ1v) is 7.98. The molecule has 4 nitrogen and oxygen atoms in total. The van der Waals surface area contributed by atoms with E-state index >= 15 is 0 Å². The second-order valence-electron chi connectivity index (χ2n) is 5.62. The van der Waals surface area contributed by atoms with Crippen LogP contribution in [0, 0.1) is 6.92 Å². The number of hydrogen-bond donors (Lipinski definition) is 0. The zero-order valence-corrected chi connectivity index (χ0v) is 13.8. The van der Waals surface area contributed by atoms with Crippen LogP contribution in [0.4, 0.5) is 0 Å². The highest BCUT2D eigenvalue weighted by Gasteiger charge is 2.23. The van der Waals surface area contributed by atoms with E-state index in [2.05, 4.69) is 11.9 Å². The summed E-state index contributed by atoms with van der Waals surface area (Å²) >= 11 is 0. The summed E-state index contributed by atoms with van der Waals surface area (Å²) in [6, 6.07) is 15.3. The van der Waals surface area contributed by atoms with E-state index in [1.807, 2.05) is 55.5 Å². The van der Waals surface area contributed by atoms with Crippen LogP contribution in [0.1, 0.15) is 30.0 Å². The lowest BCUT2D eigenvalue weighted by atomic mass is 10.1. The number of carbonyl (C=O) groups is 1. The zero-order chi connectivity index (χ0) is 16.9. The van der Waals surface area contributed by atoms with Crippen LogP contribution in [-0.4, -0.2) is 18.5 Å². The highest BCUT2D eigenvalue weighted by Crippen LogP contribution is 2.21. The van der Waals surface area contributed by atoms with Crippen LogP contribution >= 0.6 is 0 Å². The van der Waals surface area contributed by atoms with Gasteiger partial charge in [-0.05, 0) is 49.2 Å². The lowest BCUT2D eigenvalue weighted by Crippen LogP contribution is -2.05. The van der Waals surface area contributed by atoms with Gasteiger partial charge in [0.15, 0.2) is 5.70 Å². The molecule has 0 amide bonds. The van der Waals surface area contributed by atoms with E-state index in [0.29, 0.717) is 18.2 Å². The molecule has 1 heterocycles. The molecule has 2 aromatic carbocycles. The number of esters is 1. The van der Waals surface area contributed by atoms with Gasteiger partial charge in [-0.25, -0.2) is 9.79 Å². The average molecular weight is 321 g/mol. The molecule has 0 fully saturated rings. The van der Waals surface area contributed by atoms with Crippen molar-refractivity contribution in [3.05, 3.63) is 70.9 Å². The molecule has 0 radical (unpaired) electrons. The first-order chi connectivity index (χ1) is 11.7. The third kappa shape index (κ3) is 3.71. The largest absolute Gasteiger partial charge is 0.494 e. The molecular formula is C20H19NO3. The van der Waals surface area contributed by atoms with Crippen molar-refractivity contribution in [3.63, 3.8) is 0 Å². The molecule has 0 aliphatic carbocycles. The minimum absolute atomic E-state index is 0.299. The van der Waals surface area contributed by atoms with Crippen LogP contribution in [0.3, 0.4) is 0 Å². The number of rotatable bonds is 5. The van der Waals surface area contributed by atoms with Gasteiger partial charge in [0.2, 0.25) is 5.90 Å². The van der Waals surface area contributed by atoms with Gasteiger partial charge in [-0.2, -0.15) is 0 Å². The molecular weight excluding hydrogens is 302 g/mol. The second-order valence-corrected chi connectivity index (χ2v) is 5.62. The summed E-state index contributed by atoms with van der Waals surface area (Å²) < 4.78 is 10.8. The van der Waals surface area contributed by atoms with E-state index in [-0.39, 0.29) is 0 Å². The Hall–Kier alpha value is -2.88. The molecule has 3 rings (SSSR count). The summed E-state index contributed by atoms with van der Waals surface area (Å²) in [5.74, 6) is 0.725. The van der Waals surface area contributed by atoms with Crippen LogP contribution < -0.4 is 4.74 Å². The summed E-state index contributed by atoms with van der Waals surface area (Å²) in [5.41, 5.74) is 3.11. The van der Waals surface area contributed by atoms with Crippen LogP contribution in [0.15, 0.2) is 59.2 Å². The maximum Gasteiger partial charge on any atom is 0.363 e. The van der Waals surface area contributed by atoms with Crippen molar-refractivity contribution in [2.45, 2.75) is 20.3 Å². The Bertz CT molecular complexity index is 787. The maximum atomic E-state index is 12.0. The summed E-state index contributed by atoms with van der Waals surface area (Å²) in [7, 11) is 0. The molecule has 0 unspecified atom stereocenters. The highest BCUT2D eigenvalue weighted by molar-refractivity contribution is 6.12. The number of nitrogens with zero attached hydrogens (tertiary/aromatic N) is 1. The molecule has 1 aliphatic rings. The Morgan fingerprint density at radius 1 is 1.08 bits per heavy atom. The Morgan fingerprint density at radius 2 is 1.79 bits per heavy atom. The lowest BCUT2D eigenvalue weighted by Gasteiger charge is -2.04. The molecule has 0 saturated carbocycles. The third-order valence-corrected chi connectivity index (χ3v) is 3.58. The average Bonchev–Trinajstić information content (AvgIpc) is 2.95. The number of aryl methyl sites for hydroxylation is 1. The third-order valence-electron chi connectivity index (χ3n) is 3.58. The number of ether oxygens (including phenoxy) is 2. The fourth-order valence-corrected chi connectivity index (χ4v) is 2.27. The van der Waals surface area contributed by atoms with Crippen molar-refractivity contribution in [2.75, 3.05) is 6.61 Å². The van der Waals surface area contributed by atoms with E-state index < -0.39 is 5.97 Å². The first kappa shape index (κ1) is 16.0. The predicted molar refractivity (Wildman–Crippen MR) is 94.0 cm³/mol. The Balaban J connectivity index is 1.79. The fraction of sp³-hybridized carbons (Fsp3) is 0.200. The van der Waals surface area contributed by atoms with Crippen LogP contribution in [0.2, 0.25) is 0 Å². The summed E-state index contributed by atoms with van der Waals surface area (Å²) in [5, 5.41) is 0. The SMILES string of the molecule is CCCOc1ccc(C=C2N=C(c3ccc(C)cc3)OC2=O)cc1. The summed E-state index contributed by atoms with van der Waals surface area (Å²) in [6.45, 7) is 4.76. The number of carbonyl (C=O) groups excluding carboxylic acids is 1. The standard InChI is InChI=1S/C20H19NO3/c1-3-12-23-17-10-6-15(7-11-17)13-18-20(22)24-19(21-18)16-8-4-14(2)5-9-16/h4-11,13H,3,12H2,1-2H3. The Morgan fingerprint density at radius 3 is 2.46 bits per heavy atom. The van der Waals surface area contributed by atoms with E-state index in [1.54, 1.807) is 6.08 Å². The van der Waals surface area contributed by atoms with Crippen LogP contribution in [0.5, 0.6) is 5.75 Å². The molecule has 0 spiro atoms. The number of aliphatic imine (C=N–C) groups is 1. The smallest absolute Gasteiger partial charge is 0.363 e. The van der Waals surface area contributed by atoms with Gasteiger partial charge in [0.05, 0.1) is 6.61 Å². The summed E-state index contributed by atoms with van der Waals surface area (Å²) in [6.07, 6.45) is 2.68. The van der Waals surface area contributed by atoms with Crippen molar-refractivity contribution in [1.82, 2.24) is 0 Å². The van der Waals surface area contributed by atoms with E-state index in [0.717, 1.165) is 28.9 Å². The Labute approximate surface area is 141 Å². The fourth-order valence-electron chi connectivity index (χ4n) is 2.27. The van der Waals surface area contributed by atoms with Gasteiger partial charge in [-0.3, -0.25) is 0 Å². The van der Waals surface area contributed by atoms with Gasteiger partial charge in [-0.1, -0.05) is 36.8 Å². The molecule has 0 bridgehead atoms. The van der Waals surface area contributed by atoms with Crippen molar-refractivity contribution in [3.8, 4) is 5.75 Å². The van der Waals surface area contributed by atoms with Gasteiger partial charge < -0.3 is 9.47 Å². The molecule has 1 aliphatic heterocycles. The van der Waals surface area contributed by atoms with Gasteiger partial charge in [0.1, 0.15) is 5.75 Å². The lowest BCUT2D eigenvalue weighted by molar-refractivity contribution is -0.129. The van der Waals surface area contributed by atoms with Crippen molar-refractivity contribution in [2.24, 2.45) is 4.99 Å². The van der Waals surface area contributed by atoms with Crippen LogP contribution in [-0.2, 0) is 9.53 Å². The van der Waals surface area contributed by atoms with Crippen LogP contribution in [0.25, 0.3) is 6.08 Å². The highest BCUT2D eigenvalue weighted by atomic mass is 16.6. The zero-order valence-electron chi connectivity index (χ0n) is 13.8. The minimum Gasteiger partial charge on any atom is -0.494 e. The minimum atomic E-state index is -0.433. The monoisotopic (exact) mass is 321 g/mol. The van der Waals surface area contributed by atoms with Gasteiger partial charge in [0.25, 0.3) is 0 Å². The van der Waals surface area contributed by atoms with Crippen molar-refractivity contribution in [1.29, 1.82) is 0 Å². The molecule has 0 N–H and O–H groups in total. The molecule has 122 valence electrons. The number of benzene rings is 2. The quantitative estimate of drug-likeness (QED) is 0.614. The van der Waals surface area contributed by atoms with E-state index in [4.69, 9.17) is 9.47 Å². The van der Waals surface area contributed by atoms with Gasteiger partial charge >= 0.3 is 5.97 Å². The van der Waals surface area contributed by atoms with Crippen molar-refractivity contribution >= 4 is 17.9 Å². The number of hydrogen-bond acceptors (Lipinski definition) is 4. The molecule has 0 atom stereocenters. The molecule has 2 aromatic rings. The second kappa shape index (κ2) is 7.13. The predicted octanol–water partition coefficient (Wildman–Crippen LogP) is 4.13. The van der Waals surface area contributed by atoms with Gasteiger partial charge in [0, 0.05) is 5.56 Å². The molecule has 4 heteroatoms.